The van der Waals surface area contributed by atoms with Crippen molar-refractivity contribution in [1.29, 1.82) is 0 Å². The van der Waals surface area contributed by atoms with E-state index in [9.17, 15) is 0 Å². The molecule has 3 aromatic rings. The van der Waals surface area contributed by atoms with Gasteiger partial charge in [-0.15, -0.1) is 0 Å². The van der Waals surface area contributed by atoms with E-state index in [0.29, 0.717) is 0 Å². The summed E-state index contributed by atoms with van der Waals surface area (Å²) in [7, 11) is 0. The van der Waals surface area contributed by atoms with Crippen LogP contribution in [0.4, 0.5) is 0 Å². The first-order valence-corrected chi connectivity index (χ1v) is 13.3. The zero-order chi connectivity index (χ0) is 25.5. The molecule has 2 fully saturated rings. The molecule has 2 aliphatic rings. The van der Waals surface area contributed by atoms with Crippen LogP contribution in [0.5, 0.6) is 0 Å². The third-order valence-corrected chi connectivity index (χ3v) is 5.92. The molecule has 0 N–H and O–H groups in total. The average molecular weight is 465 g/mol. The number of aryl methyl sites for hydroxylation is 1. The Labute approximate surface area is 215 Å². The van der Waals surface area contributed by atoms with Crippen LogP contribution in [0.3, 0.4) is 0 Å². The van der Waals surface area contributed by atoms with Crippen LogP contribution in [-0.4, -0.2) is 0 Å². The molecule has 184 valence electrons. The Morgan fingerprint density at radius 3 is 1.89 bits per heavy atom. The molecule has 0 nitrogen and oxygen atoms in total. The summed E-state index contributed by atoms with van der Waals surface area (Å²) in [4.78, 5) is 0. The van der Waals surface area contributed by atoms with Gasteiger partial charge < -0.3 is 0 Å². The van der Waals surface area contributed by atoms with Crippen LogP contribution in [-0.2, 0) is 0 Å². The van der Waals surface area contributed by atoms with Crippen LogP contribution in [0.1, 0.15) is 82.4 Å². The standard InChI is InChI=1S/C15H14.C15H18.C3H6.C2H6/c1-2-6-12(7-3-1)14-8-4-5-9-15(14)13-10-11-13;1-5-7-15(13(4)6-2)14-10-8-12(3)9-11-14;1-2-3-1;1-2/h1-9,13H,10-11H2;5-11H,1H2,2-4H3;1-3H2;1-2H3/b;13-6-,15-7+;;. The Morgan fingerprint density at radius 2 is 1.37 bits per heavy atom. The summed E-state index contributed by atoms with van der Waals surface area (Å²) >= 11 is 0. The second kappa shape index (κ2) is 15.7. The van der Waals surface area contributed by atoms with Crippen molar-refractivity contribution in [3.8, 4) is 11.1 Å². The molecule has 0 amide bonds. The molecule has 2 aliphatic carbocycles. The highest BCUT2D eigenvalue weighted by Crippen LogP contribution is 2.44. The largest absolute Gasteiger partial charge is 0.0990 e. The molecular formula is C35H44. The lowest BCUT2D eigenvalue weighted by Crippen LogP contribution is -1.86. The molecule has 3 aromatic carbocycles. The molecular weight excluding hydrogens is 420 g/mol. The molecule has 5 rings (SSSR count). The first-order valence-electron chi connectivity index (χ1n) is 13.3. The van der Waals surface area contributed by atoms with Crippen molar-refractivity contribution < 1.29 is 0 Å². The molecule has 0 bridgehead atoms. The lowest BCUT2D eigenvalue weighted by atomic mass is 9.97. The summed E-state index contributed by atoms with van der Waals surface area (Å²) < 4.78 is 0. The van der Waals surface area contributed by atoms with E-state index in [1.807, 2.05) is 19.9 Å². The molecule has 0 aromatic heterocycles. The van der Waals surface area contributed by atoms with Crippen LogP contribution in [0.25, 0.3) is 16.7 Å². The maximum atomic E-state index is 3.76. The fourth-order valence-electron chi connectivity index (χ4n) is 3.59. The van der Waals surface area contributed by atoms with Gasteiger partial charge >= 0.3 is 0 Å². The van der Waals surface area contributed by atoms with E-state index in [4.69, 9.17) is 0 Å². The minimum absolute atomic E-state index is 0.821. The monoisotopic (exact) mass is 464 g/mol. The van der Waals surface area contributed by atoms with Crippen LogP contribution in [0, 0.1) is 6.92 Å². The van der Waals surface area contributed by atoms with Crippen molar-refractivity contribution in [2.24, 2.45) is 0 Å². The van der Waals surface area contributed by atoms with Gasteiger partial charge in [-0.25, -0.2) is 0 Å². The summed E-state index contributed by atoms with van der Waals surface area (Å²) in [5.74, 6) is 0.821. The quantitative estimate of drug-likeness (QED) is 0.329. The van der Waals surface area contributed by atoms with Gasteiger partial charge in [-0.3, -0.25) is 0 Å². The number of allylic oxidation sites excluding steroid dienone is 5. The fourth-order valence-corrected chi connectivity index (χ4v) is 3.59. The summed E-state index contributed by atoms with van der Waals surface area (Å²) in [5.41, 5.74) is 9.35. The summed E-state index contributed by atoms with van der Waals surface area (Å²) in [5, 5.41) is 0. The number of rotatable bonds is 5. The normalized spacial score (nSPS) is 14.2. The van der Waals surface area contributed by atoms with E-state index >= 15 is 0 Å². The molecule has 0 heterocycles. The number of hydrogen-bond donors (Lipinski definition) is 0. The molecule has 0 unspecified atom stereocenters. The van der Waals surface area contributed by atoms with E-state index in [2.05, 4.69) is 118 Å². The van der Waals surface area contributed by atoms with Gasteiger partial charge in [0.25, 0.3) is 0 Å². The molecule has 35 heavy (non-hydrogen) atoms. The van der Waals surface area contributed by atoms with E-state index < -0.39 is 0 Å². The second-order valence-corrected chi connectivity index (χ2v) is 8.94. The lowest BCUT2D eigenvalue weighted by Gasteiger charge is -2.08. The van der Waals surface area contributed by atoms with Gasteiger partial charge in [0.05, 0.1) is 0 Å². The zero-order valence-corrected chi connectivity index (χ0v) is 22.6. The highest BCUT2D eigenvalue weighted by atomic mass is 14.3. The topological polar surface area (TPSA) is 0 Å². The van der Waals surface area contributed by atoms with Gasteiger partial charge in [-0.2, -0.15) is 0 Å². The highest BCUT2D eigenvalue weighted by molar-refractivity contribution is 5.79. The van der Waals surface area contributed by atoms with E-state index in [1.165, 1.54) is 71.1 Å². The Bertz CT molecular complexity index is 1060. The molecule has 0 saturated heterocycles. The Kier molecular flexibility index (Phi) is 12.6. The minimum Gasteiger partial charge on any atom is -0.0990 e. The zero-order valence-electron chi connectivity index (χ0n) is 22.6. The smallest absolute Gasteiger partial charge is 0.0149 e. The lowest BCUT2D eigenvalue weighted by molar-refractivity contribution is 1.13. The van der Waals surface area contributed by atoms with Crippen LogP contribution < -0.4 is 0 Å². The number of benzene rings is 3. The van der Waals surface area contributed by atoms with Crippen LogP contribution in [0.2, 0.25) is 0 Å². The second-order valence-electron chi connectivity index (χ2n) is 8.94. The predicted octanol–water partition coefficient (Wildman–Crippen LogP) is 11.0. The molecule has 0 spiro atoms. The number of hydrogen-bond acceptors (Lipinski definition) is 0. The van der Waals surface area contributed by atoms with Crippen molar-refractivity contribution in [2.45, 2.75) is 72.6 Å². The van der Waals surface area contributed by atoms with Crippen molar-refractivity contribution in [2.75, 3.05) is 0 Å². The van der Waals surface area contributed by atoms with Gasteiger partial charge in [-0.05, 0) is 72.9 Å². The Morgan fingerprint density at radius 1 is 0.800 bits per heavy atom. The van der Waals surface area contributed by atoms with E-state index in [1.54, 1.807) is 0 Å². The minimum atomic E-state index is 0.821. The SMILES string of the molecule is C1CC1.C=C/C=C(\C(C)=C/C)c1ccc(C)cc1.CC.c1ccc(-c2ccccc2C2CC2)cc1. The average Bonchev–Trinajstić information content (AvgIpc) is 3.82. The summed E-state index contributed by atoms with van der Waals surface area (Å²) in [6, 6.07) is 28.1. The van der Waals surface area contributed by atoms with E-state index in [-0.39, 0.29) is 0 Å². The Hall–Kier alpha value is -3.12. The molecule has 0 heteroatoms. The molecule has 0 atom stereocenters. The first-order chi connectivity index (χ1) is 17.1. The van der Waals surface area contributed by atoms with Crippen molar-refractivity contribution >= 4 is 5.57 Å². The predicted molar refractivity (Wildman–Crippen MR) is 158 cm³/mol. The van der Waals surface area contributed by atoms with Crippen molar-refractivity contribution in [3.05, 3.63) is 126 Å². The summed E-state index contributed by atoms with van der Waals surface area (Å²) in [6.07, 6.45) is 13.2. The van der Waals surface area contributed by atoms with Gasteiger partial charge in [0.2, 0.25) is 0 Å². The first kappa shape index (κ1) is 28.1. The van der Waals surface area contributed by atoms with E-state index in [0.717, 1.165) is 5.92 Å². The van der Waals surface area contributed by atoms with Gasteiger partial charge in [-0.1, -0.05) is 142 Å². The molecule has 0 aliphatic heterocycles. The Balaban J connectivity index is 0.000000207. The third-order valence-electron chi connectivity index (χ3n) is 5.92. The molecule has 2 saturated carbocycles. The highest BCUT2D eigenvalue weighted by Gasteiger charge is 2.25. The molecule has 0 radical (unpaired) electrons. The van der Waals surface area contributed by atoms with Crippen molar-refractivity contribution in [3.63, 3.8) is 0 Å². The maximum Gasteiger partial charge on any atom is -0.0149 e. The third kappa shape index (κ3) is 9.95. The fraction of sp³-hybridized carbons (Fsp3) is 0.314. The van der Waals surface area contributed by atoms with Gasteiger partial charge in [0, 0.05) is 0 Å². The summed E-state index contributed by atoms with van der Waals surface area (Å²) in [6.45, 7) is 14.0. The van der Waals surface area contributed by atoms with Gasteiger partial charge in [0.1, 0.15) is 0 Å². The van der Waals surface area contributed by atoms with Gasteiger partial charge in [0.15, 0.2) is 0 Å². The maximum absolute atomic E-state index is 3.76. The van der Waals surface area contributed by atoms with Crippen LogP contribution in [0.15, 0.2) is 109 Å². The van der Waals surface area contributed by atoms with Crippen LogP contribution >= 0.6 is 0 Å². The van der Waals surface area contributed by atoms with Crippen molar-refractivity contribution in [1.82, 2.24) is 0 Å².